The van der Waals surface area contributed by atoms with Crippen LogP contribution in [-0.4, -0.2) is 0 Å². The van der Waals surface area contributed by atoms with Gasteiger partial charge in [-0.2, -0.15) is 18.2 Å². The number of benzene rings is 3. The van der Waals surface area contributed by atoms with Gasteiger partial charge in [0.05, 0.1) is 0 Å². The van der Waals surface area contributed by atoms with Gasteiger partial charge in [0.25, 0.3) is 0 Å². The molecule has 0 nitrogen and oxygen atoms in total. The van der Waals surface area contributed by atoms with Crippen LogP contribution in [0.1, 0.15) is 70.8 Å². The van der Waals surface area contributed by atoms with Crippen LogP contribution in [0.25, 0.3) is 32.3 Å². The van der Waals surface area contributed by atoms with Crippen LogP contribution < -0.4 is 24.8 Å². The van der Waals surface area contributed by atoms with Gasteiger partial charge >= 0.3 is 26.2 Å². The summed E-state index contributed by atoms with van der Waals surface area (Å²) in [5, 5.41) is 8.62. The van der Waals surface area contributed by atoms with Gasteiger partial charge in [-0.1, -0.05) is 97.2 Å². The van der Waals surface area contributed by atoms with Crippen LogP contribution in [0.4, 0.5) is 0 Å². The molecule has 0 bridgehead atoms. The predicted octanol–water partition coefficient (Wildman–Crippen LogP) is 5.22. The molecule has 3 heteroatoms. The second-order valence-corrected chi connectivity index (χ2v) is 11.3. The first kappa shape index (κ1) is 38.0. The Morgan fingerprint density at radius 2 is 0.667 bits per heavy atom. The van der Waals surface area contributed by atoms with Gasteiger partial charge in [-0.15, -0.1) is 102 Å². The fourth-order valence-electron chi connectivity index (χ4n) is 5.87. The van der Waals surface area contributed by atoms with Crippen molar-refractivity contribution in [2.75, 3.05) is 0 Å². The van der Waals surface area contributed by atoms with E-state index in [9.17, 15) is 0 Å². The topological polar surface area (TPSA) is 0 Å². The Kier molecular flexibility index (Phi) is 15.1. The predicted molar refractivity (Wildman–Crippen MR) is 175 cm³/mol. The van der Waals surface area contributed by atoms with E-state index in [0.717, 1.165) is 19.3 Å². The zero-order chi connectivity index (χ0) is 28.3. The van der Waals surface area contributed by atoms with Gasteiger partial charge in [0.15, 0.2) is 0 Å². The zero-order valence-corrected chi connectivity index (χ0v) is 30.8. The maximum absolute atomic E-state index is 2.29. The van der Waals surface area contributed by atoms with Crippen molar-refractivity contribution < 1.29 is 51.0 Å². The summed E-state index contributed by atoms with van der Waals surface area (Å²) >= 11 is 0. The molecule has 6 rings (SSSR count). The molecule has 6 aromatic carbocycles. The molecule has 42 heavy (non-hydrogen) atoms. The average molecular weight is 676 g/mol. The summed E-state index contributed by atoms with van der Waals surface area (Å²) in [6, 6.07) is 27.1. The first-order chi connectivity index (χ1) is 18.7. The Labute approximate surface area is 286 Å². The van der Waals surface area contributed by atoms with E-state index in [1.165, 1.54) is 82.4 Å². The van der Waals surface area contributed by atoms with Gasteiger partial charge in [0.1, 0.15) is 0 Å². The largest absolute Gasteiger partial charge is 2.00 e. The average Bonchev–Trinajstić information content (AvgIpc) is 3.62. The van der Waals surface area contributed by atoms with Gasteiger partial charge in [-0.05, 0) is 19.3 Å². The van der Waals surface area contributed by atoms with E-state index in [1.54, 1.807) is 0 Å². The third-order valence-corrected chi connectivity index (χ3v) is 8.16. The molecule has 0 N–H and O–H groups in total. The SMILES string of the molecule is CCc1ccc(C)c2[cH-]c(C)cc12.CCc1ccc(C)c2[cH-]c(C)cc12.CCc1ccc(C)c2[cH-]c(C)cc12.[Cl-].[Cl-].[Zr+2]. The minimum absolute atomic E-state index is 0. The van der Waals surface area contributed by atoms with Crippen molar-refractivity contribution in [2.45, 2.75) is 81.6 Å². The van der Waals surface area contributed by atoms with Gasteiger partial charge in [-0.3, -0.25) is 0 Å². The van der Waals surface area contributed by atoms with Crippen LogP contribution in [0, 0.1) is 41.5 Å². The summed E-state index contributed by atoms with van der Waals surface area (Å²) in [5.41, 5.74) is 12.7. The van der Waals surface area contributed by atoms with Crippen LogP contribution in [0.3, 0.4) is 0 Å². The molecule has 0 aromatic heterocycles. The second kappa shape index (κ2) is 16.7. The fraction of sp³-hybridized carbons (Fsp3) is 0.308. The molecule has 0 unspecified atom stereocenters. The molecule has 0 fully saturated rings. The molecular weight excluding hydrogens is 631 g/mol. The van der Waals surface area contributed by atoms with Crippen LogP contribution in [0.5, 0.6) is 0 Å². The van der Waals surface area contributed by atoms with Crippen LogP contribution in [0.15, 0.2) is 72.8 Å². The number of rotatable bonds is 3. The molecule has 0 heterocycles. The van der Waals surface area contributed by atoms with Gasteiger partial charge in [0.2, 0.25) is 0 Å². The molecular formula is C39H45Cl2Zr-3. The molecule has 0 spiro atoms. The van der Waals surface area contributed by atoms with E-state index in [1.807, 2.05) is 0 Å². The van der Waals surface area contributed by atoms with Crippen molar-refractivity contribution in [3.8, 4) is 0 Å². The Bertz CT molecular complexity index is 1520. The third-order valence-electron chi connectivity index (χ3n) is 8.16. The molecule has 0 saturated carbocycles. The van der Waals surface area contributed by atoms with Gasteiger partial charge in [0, 0.05) is 0 Å². The third kappa shape index (κ3) is 8.31. The van der Waals surface area contributed by atoms with Crippen molar-refractivity contribution in [3.05, 3.63) is 123 Å². The first-order valence-corrected chi connectivity index (χ1v) is 14.6. The fourth-order valence-corrected chi connectivity index (χ4v) is 5.87. The number of hydrogen-bond acceptors (Lipinski definition) is 0. The quantitative estimate of drug-likeness (QED) is 0.226. The van der Waals surface area contributed by atoms with E-state index < -0.39 is 0 Å². The van der Waals surface area contributed by atoms with E-state index in [4.69, 9.17) is 0 Å². The first-order valence-electron chi connectivity index (χ1n) is 14.6. The van der Waals surface area contributed by atoms with E-state index in [2.05, 4.69) is 135 Å². The van der Waals surface area contributed by atoms with Crippen molar-refractivity contribution >= 4 is 32.3 Å². The molecule has 0 aliphatic rings. The molecule has 222 valence electrons. The second-order valence-electron chi connectivity index (χ2n) is 11.3. The normalized spacial score (nSPS) is 10.2. The Morgan fingerprint density at radius 1 is 0.429 bits per heavy atom. The molecule has 6 aromatic rings. The Hall–Kier alpha value is -2.05. The number of hydrogen-bond donors (Lipinski definition) is 0. The number of aryl methyl sites for hydroxylation is 9. The van der Waals surface area contributed by atoms with E-state index >= 15 is 0 Å². The van der Waals surface area contributed by atoms with Crippen LogP contribution >= 0.6 is 0 Å². The standard InChI is InChI=1S/3C13H15.2ClH.Zr/c3*1-4-11-6-5-10(3)12-7-9(2)8-13(11)12;;;/h3*5-8H,4H2,1-3H3;2*1H;/q3*-1;;;+2/p-2. The van der Waals surface area contributed by atoms with Crippen molar-refractivity contribution in [1.29, 1.82) is 0 Å². The maximum Gasteiger partial charge on any atom is 2.00 e. The molecule has 0 radical (unpaired) electrons. The zero-order valence-electron chi connectivity index (χ0n) is 26.8. The van der Waals surface area contributed by atoms with Crippen molar-refractivity contribution in [3.63, 3.8) is 0 Å². The molecule has 0 aliphatic carbocycles. The monoisotopic (exact) mass is 673 g/mol. The molecule has 0 amide bonds. The number of fused-ring (bicyclic) bond motifs is 3. The Balaban J connectivity index is 0.000000304. The minimum Gasteiger partial charge on any atom is -1.00 e. The number of halogens is 2. The van der Waals surface area contributed by atoms with Crippen molar-refractivity contribution in [1.82, 2.24) is 0 Å². The summed E-state index contributed by atoms with van der Waals surface area (Å²) in [6.07, 6.45) is 3.38. The van der Waals surface area contributed by atoms with Crippen LogP contribution in [-0.2, 0) is 45.5 Å². The minimum atomic E-state index is 0. The van der Waals surface area contributed by atoms with Crippen molar-refractivity contribution in [2.24, 2.45) is 0 Å². The summed E-state index contributed by atoms with van der Waals surface area (Å²) < 4.78 is 0. The Morgan fingerprint density at radius 3 is 0.881 bits per heavy atom. The van der Waals surface area contributed by atoms with Gasteiger partial charge in [-0.25, -0.2) is 0 Å². The van der Waals surface area contributed by atoms with Gasteiger partial charge < -0.3 is 24.8 Å². The van der Waals surface area contributed by atoms with E-state index in [0.29, 0.717) is 0 Å². The maximum atomic E-state index is 2.29. The summed E-state index contributed by atoms with van der Waals surface area (Å²) in [6.45, 7) is 19.7. The molecule has 0 atom stereocenters. The summed E-state index contributed by atoms with van der Waals surface area (Å²) in [4.78, 5) is 0. The summed E-state index contributed by atoms with van der Waals surface area (Å²) in [5.74, 6) is 0. The van der Waals surface area contributed by atoms with E-state index in [-0.39, 0.29) is 51.0 Å². The molecule has 0 aliphatic heterocycles. The van der Waals surface area contributed by atoms with Crippen LogP contribution in [0.2, 0.25) is 0 Å². The summed E-state index contributed by atoms with van der Waals surface area (Å²) in [7, 11) is 0. The molecule has 0 saturated heterocycles. The smallest absolute Gasteiger partial charge is 1.00 e.